The van der Waals surface area contributed by atoms with Gasteiger partial charge >= 0.3 is 0 Å². The molecule has 0 amide bonds. The van der Waals surface area contributed by atoms with Gasteiger partial charge in [0.05, 0.1) is 7.05 Å². The Labute approximate surface area is 71.5 Å². The second-order valence-electron chi connectivity index (χ2n) is 3.28. The minimum absolute atomic E-state index is 0.292. The van der Waals surface area contributed by atoms with E-state index in [0.717, 1.165) is 16.9 Å². The van der Waals surface area contributed by atoms with Crippen LogP contribution in [0.3, 0.4) is 0 Å². The summed E-state index contributed by atoms with van der Waals surface area (Å²) in [7, 11) is 1.92. The van der Waals surface area contributed by atoms with Gasteiger partial charge in [-0.15, -0.1) is 0 Å². The Kier molecular flexibility index (Phi) is 1.28. The van der Waals surface area contributed by atoms with Crippen molar-refractivity contribution < 1.29 is 0 Å². The summed E-state index contributed by atoms with van der Waals surface area (Å²) in [4.78, 5) is 0. The van der Waals surface area contributed by atoms with Crippen molar-refractivity contribution in [3.8, 4) is 0 Å². The zero-order chi connectivity index (χ0) is 8.77. The first-order chi connectivity index (χ1) is 5.59. The molecular weight excluding hydrogens is 150 g/mol. The van der Waals surface area contributed by atoms with Crippen molar-refractivity contribution in [2.45, 2.75) is 0 Å². The van der Waals surface area contributed by atoms with Crippen molar-refractivity contribution in [2.24, 2.45) is 5.84 Å². The second-order valence-corrected chi connectivity index (χ2v) is 3.28. The molecule has 1 aromatic carbocycles. The molecule has 0 saturated heterocycles. The highest BCUT2D eigenvalue weighted by molar-refractivity contribution is 5.75. The van der Waals surface area contributed by atoms with E-state index in [1.54, 1.807) is 0 Å². The van der Waals surface area contributed by atoms with Gasteiger partial charge in [0.25, 0.3) is 0 Å². The van der Waals surface area contributed by atoms with Crippen LogP contribution in [-0.4, -0.2) is 7.05 Å². The maximum atomic E-state index is 5.95. The molecule has 62 valence electrons. The standard InChI is InChI=1S/C9H12N3/c1-12(11)5-4-7-2-3-8(10)6-9(7)12/h2-6H,10-11H2,1H3/q+1. The third-order valence-electron chi connectivity index (χ3n) is 2.14. The zero-order valence-corrected chi connectivity index (χ0v) is 6.99. The predicted molar refractivity (Wildman–Crippen MR) is 51.8 cm³/mol. The van der Waals surface area contributed by atoms with Crippen molar-refractivity contribution in [1.82, 2.24) is 4.59 Å². The Morgan fingerprint density at radius 2 is 2.08 bits per heavy atom. The molecular formula is C9H12N3+. The van der Waals surface area contributed by atoms with E-state index in [-0.39, 0.29) is 0 Å². The fraction of sp³-hybridized carbons (Fsp3) is 0.111. The maximum absolute atomic E-state index is 5.95. The van der Waals surface area contributed by atoms with Crippen LogP contribution >= 0.6 is 0 Å². The van der Waals surface area contributed by atoms with E-state index < -0.39 is 0 Å². The fourth-order valence-electron chi connectivity index (χ4n) is 1.43. The average Bonchev–Trinajstić information content (AvgIpc) is 2.28. The summed E-state index contributed by atoms with van der Waals surface area (Å²) in [6, 6.07) is 5.78. The van der Waals surface area contributed by atoms with E-state index in [0.29, 0.717) is 4.59 Å². The average molecular weight is 162 g/mol. The summed E-state index contributed by atoms with van der Waals surface area (Å²) in [5, 5.41) is 0. The lowest BCUT2D eigenvalue weighted by molar-refractivity contribution is 0.478. The lowest BCUT2D eigenvalue weighted by Crippen LogP contribution is -2.45. The number of quaternary nitrogens is 1. The van der Waals surface area contributed by atoms with Crippen LogP contribution in [0.1, 0.15) is 5.56 Å². The van der Waals surface area contributed by atoms with Crippen LogP contribution in [0, 0.1) is 0 Å². The van der Waals surface area contributed by atoms with Crippen molar-refractivity contribution in [3.05, 3.63) is 30.0 Å². The molecule has 1 aliphatic rings. The highest BCUT2D eigenvalue weighted by Gasteiger charge is 2.26. The van der Waals surface area contributed by atoms with Gasteiger partial charge in [0.2, 0.25) is 0 Å². The van der Waals surface area contributed by atoms with Crippen LogP contribution in [0.5, 0.6) is 0 Å². The van der Waals surface area contributed by atoms with E-state index in [4.69, 9.17) is 11.6 Å². The van der Waals surface area contributed by atoms with Gasteiger partial charge in [-0.1, -0.05) is 0 Å². The molecule has 0 radical (unpaired) electrons. The van der Waals surface area contributed by atoms with Crippen molar-refractivity contribution in [1.29, 1.82) is 0 Å². The number of nitrogens with zero attached hydrogens (tertiary/aromatic N) is 1. The molecule has 12 heavy (non-hydrogen) atoms. The Morgan fingerprint density at radius 3 is 2.83 bits per heavy atom. The van der Waals surface area contributed by atoms with Gasteiger partial charge in [0.15, 0.2) is 5.69 Å². The first-order valence-electron chi connectivity index (χ1n) is 3.84. The molecule has 1 atom stereocenters. The number of hydrogen-bond donors (Lipinski definition) is 2. The molecule has 0 spiro atoms. The summed E-state index contributed by atoms with van der Waals surface area (Å²) in [5.74, 6) is 5.95. The van der Waals surface area contributed by atoms with Crippen LogP contribution < -0.4 is 16.2 Å². The van der Waals surface area contributed by atoms with Gasteiger partial charge in [-0.3, -0.25) is 0 Å². The van der Waals surface area contributed by atoms with E-state index in [9.17, 15) is 0 Å². The quantitative estimate of drug-likeness (QED) is 0.340. The molecule has 1 heterocycles. The highest BCUT2D eigenvalue weighted by atomic mass is 15.6. The summed E-state index contributed by atoms with van der Waals surface area (Å²) < 4.78 is 0.292. The molecule has 1 unspecified atom stereocenters. The van der Waals surface area contributed by atoms with Crippen LogP contribution in [0.2, 0.25) is 0 Å². The molecule has 3 heteroatoms. The maximum Gasteiger partial charge on any atom is 0.165 e. The van der Waals surface area contributed by atoms with Gasteiger partial charge < -0.3 is 5.73 Å². The number of nitrogen functional groups attached to an aromatic ring is 1. The Bertz CT molecular complexity index is 353. The Morgan fingerprint density at radius 1 is 1.33 bits per heavy atom. The zero-order valence-electron chi connectivity index (χ0n) is 6.99. The molecule has 2 rings (SSSR count). The topological polar surface area (TPSA) is 52.0 Å². The van der Waals surface area contributed by atoms with E-state index in [1.807, 2.05) is 37.5 Å². The molecule has 0 aromatic heterocycles. The summed E-state index contributed by atoms with van der Waals surface area (Å²) in [6.45, 7) is 0. The second kappa shape index (κ2) is 2.09. The van der Waals surface area contributed by atoms with E-state index >= 15 is 0 Å². The largest absolute Gasteiger partial charge is 0.399 e. The number of benzene rings is 1. The van der Waals surface area contributed by atoms with Gasteiger partial charge in [-0.25, -0.2) is 0 Å². The summed E-state index contributed by atoms with van der Waals surface area (Å²) in [5.41, 5.74) is 8.61. The molecule has 0 fully saturated rings. The third kappa shape index (κ3) is 0.913. The van der Waals surface area contributed by atoms with Crippen molar-refractivity contribution in [2.75, 3.05) is 12.8 Å². The van der Waals surface area contributed by atoms with Crippen LogP contribution in [0.4, 0.5) is 11.4 Å². The lowest BCUT2D eigenvalue weighted by Gasteiger charge is -2.19. The SMILES string of the molecule is C[N+]1(N)C=Cc2ccc(N)cc21. The van der Waals surface area contributed by atoms with Gasteiger partial charge in [0.1, 0.15) is 6.20 Å². The minimum atomic E-state index is 0.292. The normalized spacial score (nSPS) is 25.8. The number of hydrogen-bond acceptors (Lipinski definition) is 2. The van der Waals surface area contributed by atoms with Crippen molar-refractivity contribution >= 4 is 17.5 Å². The van der Waals surface area contributed by atoms with Gasteiger partial charge in [0, 0.05) is 23.4 Å². The molecule has 3 nitrogen and oxygen atoms in total. The molecule has 0 aliphatic carbocycles. The Hall–Kier alpha value is -1.32. The number of rotatable bonds is 0. The number of nitrogens with two attached hydrogens (primary N) is 2. The molecule has 1 aromatic rings. The van der Waals surface area contributed by atoms with Gasteiger partial charge in [-0.2, -0.15) is 10.4 Å². The van der Waals surface area contributed by atoms with E-state index in [1.165, 1.54) is 0 Å². The molecule has 1 aliphatic heterocycles. The monoisotopic (exact) mass is 162 g/mol. The lowest BCUT2D eigenvalue weighted by atomic mass is 10.2. The summed E-state index contributed by atoms with van der Waals surface area (Å²) >= 11 is 0. The first-order valence-corrected chi connectivity index (χ1v) is 3.84. The Balaban J connectivity index is 2.63. The van der Waals surface area contributed by atoms with Crippen LogP contribution in [0.15, 0.2) is 24.4 Å². The summed E-state index contributed by atoms with van der Waals surface area (Å²) in [6.07, 6.45) is 3.94. The first kappa shape index (κ1) is 7.34. The van der Waals surface area contributed by atoms with Crippen molar-refractivity contribution in [3.63, 3.8) is 0 Å². The minimum Gasteiger partial charge on any atom is -0.399 e. The van der Waals surface area contributed by atoms with Crippen LogP contribution in [-0.2, 0) is 0 Å². The molecule has 0 saturated carbocycles. The van der Waals surface area contributed by atoms with Gasteiger partial charge in [-0.05, 0) is 12.1 Å². The third-order valence-corrected chi connectivity index (χ3v) is 2.14. The predicted octanol–water partition coefficient (Wildman–Crippen LogP) is 1.06. The fourth-order valence-corrected chi connectivity index (χ4v) is 1.43. The molecule has 4 N–H and O–H groups in total. The highest BCUT2D eigenvalue weighted by Crippen LogP contribution is 2.32. The molecule has 0 bridgehead atoms. The van der Waals surface area contributed by atoms with Crippen LogP contribution in [0.25, 0.3) is 6.08 Å². The van der Waals surface area contributed by atoms with E-state index in [2.05, 4.69) is 0 Å². The number of anilines is 1. The smallest absolute Gasteiger partial charge is 0.165 e. The number of fused-ring (bicyclic) bond motifs is 1.